The molecule has 1 aromatic carbocycles. The minimum absolute atomic E-state index is 0.654. The molecule has 1 unspecified atom stereocenters. The quantitative estimate of drug-likeness (QED) is 0.789. The lowest BCUT2D eigenvalue weighted by Crippen LogP contribution is -2.24. The van der Waals surface area contributed by atoms with Crippen LogP contribution < -0.4 is 5.32 Å². The van der Waals surface area contributed by atoms with Crippen LogP contribution in [0.3, 0.4) is 0 Å². The molecule has 1 N–H and O–H groups in total. The molecule has 0 aliphatic heterocycles. The van der Waals surface area contributed by atoms with Crippen molar-refractivity contribution in [3.8, 4) is 0 Å². The summed E-state index contributed by atoms with van der Waals surface area (Å²) in [5.74, 6) is 0.654. The van der Waals surface area contributed by atoms with E-state index in [0.29, 0.717) is 5.92 Å². The summed E-state index contributed by atoms with van der Waals surface area (Å²) in [7, 11) is 2.02. The van der Waals surface area contributed by atoms with Crippen molar-refractivity contribution in [2.45, 2.75) is 26.2 Å². The number of rotatable bonds is 8. The van der Waals surface area contributed by atoms with Crippen LogP contribution in [0.1, 0.15) is 24.6 Å². The van der Waals surface area contributed by atoms with Gasteiger partial charge in [0.1, 0.15) is 0 Å². The molecule has 2 aromatic rings. The summed E-state index contributed by atoms with van der Waals surface area (Å²) < 4.78 is 3.12. The van der Waals surface area contributed by atoms with Gasteiger partial charge in [0.05, 0.1) is 0 Å². The fourth-order valence-electron chi connectivity index (χ4n) is 2.58. The molecule has 1 heterocycles. The molecule has 114 valence electrons. The Balaban J connectivity index is 1.93. The lowest BCUT2D eigenvalue weighted by atomic mass is 9.94. The van der Waals surface area contributed by atoms with Gasteiger partial charge in [-0.15, -0.1) is 0 Å². The van der Waals surface area contributed by atoms with E-state index in [1.165, 1.54) is 17.7 Å². The molecule has 0 radical (unpaired) electrons. The average molecular weight is 350 g/mol. The van der Waals surface area contributed by atoms with E-state index in [9.17, 15) is 0 Å². The molecule has 0 bridgehead atoms. The highest BCUT2D eigenvalue weighted by molar-refractivity contribution is 9.10. The number of hydrogen-bond acceptors (Lipinski definition) is 2. The van der Waals surface area contributed by atoms with E-state index < -0.39 is 0 Å². The summed E-state index contributed by atoms with van der Waals surface area (Å²) in [6, 6.07) is 10.8. The first-order valence-corrected chi connectivity index (χ1v) is 8.40. The van der Waals surface area contributed by atoms with Gasteiger partial charge in [-0.2, -0.15) is 5.10 Å². The van der Waals surface area contributed by atoms with Crippen LogP contribution in [0.25, 0.3) is 0 Å². The van der Waals surface area contributed by atoms with Crippen LogP contribution in [0, 0.1) is 5.92 Å². The van der Waals surface area contributed by atoms with Gasteiger partial charge in [0, 0.05) is 23.4 Å². The zero-order valence-electron chi connectivity index (χ0n) is 12.8. The molecule has 0 aliphatic rings. The van der Waals surface area contributed by atoms with Crippen molar-refractivity contribution in [1.82, 2.24) is 15.1 Å². The number of nitrogens with one attached hydrogen (secondary N) is 1. The zero-order valence-corrected chi connectivity index (χ0v) is 14.4. The first kappa shape index (κ1) is 16.2. The molecule has 0 saturated heterocycles. The summed E-state index contributed by atoms with van der Waals surface area (Å²) in [5, 5.41) is 7.74. The maximum Gasteiger partial charge on any atom is 0.0492 e. The Hall–Kier alpha value is -1.13. The maximum absolute atomic E-state index is 4.25. The van der Waals surface area contributed by atoms with Gasteiger partial charge in [-0.1, -0.05) is 35.0 Å². The van der Waals surface area contributed by atoms with Crippen molar-refractivity contribution in [2.75, 3.05) is 13.1 Å². The summed E-state index contributed by atoms with van der Waals surface area (Å²) in [4.78, 5) is 0. The maximum atomic E-state index is 4.25. The molecule has 0 saturated carbocycles. The van der Waals surface area contributed by atoms with Crippen molar-refractivity contribution >= 4 is 15.9 Å². The molecule has 0 fully saturated rings. The Morgan fingerprint density at radius 2 is 2.00 bits per heavy atom. The highest BCUT2D eigenvalue weighted by atomic mass is 79.9. The third-order valence-corrected chi connectivity index (χ3v) is 4.38. The van der Waals surface area contributed by atoms with E-state index in [1.807, 2.05) is 17.9 Å². The molecule has 3 nitrogen and oxygen atoms in total. The fraction of sp³-hybridized carbons (Fsp3) is 0.471. The van der Waals surface area contributed by atoms with Crippen LogP contribution in [0.4, 0.5) is 0 Å². The number of nitrogens with zero attached hydrogens (tertiary/aromatic N) is 2. The number of hydrogen-bond donors (Lipinski definition) is 1. The summed E-state index contributed by atoms with van der Waals surface area (Å²) in [6.45, 7) is 4.27. The van der Waals surface area contributed by atoms with Crippen LogP contribution in [-0.2, 0) is 19.9 Å². The van der Waals surface area contributed by atoms with E-state index in [4.69, 9.17) is 0 Å². The van der Waals surface area contributed by atoms with Gasteiger partial charge in [0.25, 0.3) is 0 Å². The predicted molar refractivity (Wildman–Crippen MR) is 91.4 cm³/mol. The first-order valence-electron chi connectivity index (χ1n) is 7.61. The molecule has 2 rings (SSSR count). The number of halogens is 1. The zero-order chi connectivity index (χ0) is 15.1. The second-order valence-corrected chi connectivity index (χ2v) is 6.40. The van der Waals surface area contributed by atoms with E-state index in [2.05, 4.69) is 63.6 Å². The second-order valence-electron chi connectivity index (χ2n) is 5.49. The molecule has 1 aromatic heterocycles. The molecule has 0 spiro atoms. The van der Waals surface area contributed by atoms with Gasteiger partial charge in [0.2, 0.25) is 0 Å². The fourth-order valence-corrected chi connectivity index (χ4v) is 2.84. The summed E-state index contributed by atoms with van der Waals surface area (Å²) >= 11 is 3.50. The summed E-state index contributed by atoms with van der Waals surface area (Å²) in [6.07, 6.45) is 5.27. The molecule has 4 heteroatoms. The second kappa shape index (κ2) is 8.35. The number of aryl methyl sites for hydroxylation is 2. The topological polar surface area (TPSA) is 29.9 Å². The number of benzene rings is 1. The highest BCUT2D eigenvalue weighted by Gasteiger charge is 2.11. The average Bonchev–Trinajstić information content (AvgIpc) is 2.89. The smallest absolute Gasteiger partial charge is 0.0492 e. The van der Waals surface area contributed by atoms with Crippen LogP contribution in [-0.4, -0.2) is 22.9 Å². The molecular weight excluding hydrogens is 326 g/mol. The minimum Gasteiger partial charge on any atom is -0.317 e. The Labute approximate surface area is 135 Å². The minimum atomic E-state index is 0.654. The highest BCUT2D eigenvalue weighted by Crippen LogP contribution is 2.17. The van der Waals surface area contributed by atoms with Crippen LogP contribution >= 0.6 is 15.9 Å². The number of aromatic nitrogens is 2. The van der Waals surface area contributed by atoms with Crippen molar-refractivity contribution < 1.29 is 0 Å². The largest absolute Gasteiger partial charge is 0.317 e. The van der Waals surface area contributed by atoms with E-state index in [0.717, 1.165) is 30.4 Å². The van der Waals surface area contributed by atoms with Crippen molar-refractivity contribution in [2.24, 2.45) is 13.0 Å². The lowest BCUT2D eigenvalue weighted by Gasteiger charge is -2.17. The SMILES string of the molecule is CCNCC(CCc1ccnn1C)Cc1ccc(Br)cc1. The predicted octanol–water partition coefficient (Wildman–Crippen LogP) is 3.58. The first-order chi connectivity index (χ1) is 10.2. The molecule has 0 amide bonds. The van der Waals surface area contributed by atoms with Crippen LogP contribution in [0.15, 0.2) is 41.0 Å². The molecule has 21 heavy (non-hydrogen) atoms. The van der Waals surface area contributed by atoms with Crippen LogP contribution in [0.2, 0.25) is 0 Å². The van der Waals surface area contributed by atoms with Gasteiger partial charge in [-0.3, -0.25) is 4.68 Å². The third-order valence-electron chi connectivity index (χ3n) is 3.85. The van der Waals surface area contributed by atoms with Gasteiger partial charge in [0.15, 0.2) is 0 Å². The monoisotopic (exact) mass is 349 g/mol. The Kier molecular flexibility index (Phi) is 6.46. The normalized spacial score (nSPS) is 12.5. The van der Waals surface area contributed by atoms with Gasteiger partial charge < -0.3 is 5.32 Å². The van der Waals surface area contributed by atoms with E-state index in [1.54, 1.807) is 0 Å². The van der Waals surface area contributed by atoms with Gasteiger partial charge >= 0.3 is 0 Å². The van der Waals surface area contributed by atoms with Crippen molar-refractivity contribution in [3.63, 3.8) is 0 Å². The van der Waals surface area contributed by atoms with E-state index >= 15 is 0 Å². The van der Waals surface area contributed by atoms with Crippen molar-refractivity contribution in [1.29, 1.82) is 0 Å². The Morgan fingerprint density at radius 1 is 1.24 bits per heavy atom. The summed E-state index contributed by atoms with van der Waals surface area (Å²) in [5.41, 5.74) is 2.72. The Morgan fingerprint density at radius 3 is 2.62 bits per heavy atom. The van der Waals surface area contributed by atoms with Gasteiger partial charge in [-0.05, 0) is 62.0 Å². The van der Waals surface area contributed by atoms with Crippen molar-refractivity contribution in [3.05, 3.63) is 52.3 Å². The van der Waals surface area contributed by atoms with E-state index in [-0.39, 0.29) is 0 Å². The molecular formula is C17H24BrN3. The molecule has 0 aliphatic carbocycles. The van der Waals surface area contributed by atoms with Crippen LogP contribution in [0.5, 0.6) is 0 Å². The lowest BCUT2D eigenvalue weighted by molar-refractivity contribution is 0.443. The standard InChI is InChI=1S/C17H24BrN3/c1-3-19-13-15(6-9-17-10-11-20-21(17)2)12-14-4-7-16(18)8-5-14/h4-5,7-8,10-11,15,19H,3,6,9,12-13H2,1-2H3. The molecule has 1 atom stereocenters. The third kappa shape index (κ3) is 5.29. The van der Waals surface area contributed by atoms with Gasteiger partial charge in [-0.25, -0.2) is 0 Å². The Bertz CT molecular complexity index is 533.